The molecule has 1 saturated heterocycles. The van der Waals surface area contributed by atoms with Crippen LogP contribution in [0.2, 0.25) is 0 Å². The van der Waals surface area contributed by atoms with E-state index < -0.39 is 0 Å². The third-order valence-corrected chi connectivity index (χ3v) is 7.12. The molecule has 3 aromatic heterocycles. The standard InChI is InChI=1S/C26H28N6O2/c1-30-10-9-19(30)16-34-23-15-27-31(2)25(23)18-8-11-32-20(12-18)13-24(29-32)28-26(33)22-14-21(22)17-6-4-3-5-7-17/h3-8,11-13,15,19,21-22H,9-10,14,16H2,1-2H3,(H,28,29,33)/t19-,21+,22+/m1/s1. The van der Waals surface area contributed by atoms with Gasteiger partial charge in [-0.15, -0.1) is 0 Å². The maximum Gasteiger partial charge on any atom is 0.229 e. The molecule has 0 bridgehead atoms. The molecule has 2 fully saturated rings. The van der Waals surface area contributed by atoms with Crippen LogP contribution in [0.4, 0.5) is 5.82 Å². The van der Waals surface area contributed by atoms with E-state index >= 15 is 0 Å². The number of nitrogens with one attached hydrogen (secondary N) is 1. The van der Waals surface area contributed by atoms with Gasteiger partial charge in [0.05, 0.1) is 11.7 Å². The largest absolute Gasteiger partial charge is 0.488 e. The highest BCUT2D eigenvalue weighted by Crippen LogP contribution is 2.47. The third kappa shape index (κ3) is 3.84. The lowest BCUT2D eigenvalue weighted by molar-refractivity contribution is -0.117. The van der Waals surface area contributed by atoms with Crippen LogP contribution in [-0.2, 0) is 11.8 Å². The van der Waals surface area contributed by atoms with Gasteiger partial charge in [0.1, 0.15) is 12.3 Å². The SMILES string of the molecule is CN1CC[C@@H]1COc1cnn(C)c1-c1ccn2nc(NC(=O)[C@H]3C[C@H]3c3ccccc3)cc2c1. The van der Waals surface area contributed by atoms with Crippen LogP contribution < -0.4 is 10.1 Å². The second kappa shape index (κ2) is 8.29. The number of aryl methyl sites for hydroxylation is 1. The molecule has 174 valence electrons. The summed E-state index contributed by atoms with van der Waals surface area (Å²) in [6.07, 6.45) is 5.72. The number of benzene rings is 1. The fourth-order valence-corrected chi connectivity index (χ4v) is 4.79. The number of pyridine rings is 1. The molecule has 1 aliphatic heterocycles. The quantitative estimate of drug-likeness (QED) is 0.460. The number of anilines is 1. The van der Waals surface area contributed by atoms with Crippen molar-refractivity contribution in [3.63, 3.8) is 0 Å². The van der Waals surface area contributed by atoms with Gasteiger partial charge in [-0.2, -0.15) is 10.2 Å². The van der Waals surface area contributed by atoms with Gasteiger partial charge in [-0.25, -0.2) is 4.52 Å². The molecule has 8 nitrogen and oxygen atoms in total. The summed E-state index contributed by atoms with van der Waals surface area (Å²) in [4.78, 5) is 15.1. The number of ether oxygens (including phenoxy) is 1. The van der Waals surface area contributed by atoms with Gasteiger partial charge in [0, 0.05) is 36.8 Å². The molecule has 4 heterocycles. The Labute approximate surface area is 198 Å². The predicted molar refractivity (Wildman–Crippen MR) is 130 cm³/mol. The molecule has 1 aliphatic carbocycles. The van der Waals surface area contributed by atoms with Crippen LogP contribution in [0.15, 0.2) is 60.9 Å². The number of rotatable bonds is 7. The summed E-state index contributed by atoms with van der Waals surface area (Å²) in [5.41, 5.74) is 4.04. The first-order chi connectivity index (χ1) is 16.6. The molecule has 34 heavy (non-hydrogen) atoms. The summed E-state index contributed by atoms with van der Waals surface area (Å²) in [6, 6.07) is 16.6. The number of fused-ring (bicyclic) bond motifs is 1. The number of carbonyl (C=O) groups excluding carboxylic acids is 1. The molecular formula is C26H28N6O2. The number of likely N-dealkylation sites (tertiary alicyclic amines) is 1. The Morgan fingerprint density at radius 2 is 2.03 bits per heavy atom. The van der Waals surface area contributed by atoms with Crippen LogP contribution in [0.3, 0.4) is 0 Å². The van der Waals surface area contributed by atoms with Crippen LogP contribution in [0, 0.1) is 5.92 Å². The average molecular weight is 457 g/mol. The molecule has 1 amide bonds. The maximum atomic E-state index is 12.8. The van der Waals surface area contributed by atoms with E-state index in [4.69, 9.17) is 4.74 Å². The molecule has 8 heteroatoms. The van der Waals surface area contributed by atoms with Crippen LogP contribution in [0.25, 0.3) is 16.8 Å². The van der Waals surface area contributed by atoms with Crippen molar-refractivity contribution in [2.75, 3.05) is 25.5 Å². The monoisotopic (exact) mass is 456 g/mol. The molecule has 3 atom stereocenters. The van der Waals surface area contributed by atoms with Gasteiger partial charge in [0.25, 0.3) is 0 Å². The summed E-state index contributed by atoms with van der Waals surface area (Å²) in [6.45, 7) is 1.78. The Balaban J connectivity index is 1.17. The van der Waals surface area contributed by atoms with E-state index in [0.29, 0.717) is 24.4 Å². The lowest BCUT2D eigenvalue weighted by Gasteiger charge is -2.37. The number of amides is 1. The number of carbonyl (C=O) groups is 1. The summed E-state index contributed by atoms with van der Waals surface area (Å²) in [5, 5.41) is 12.0. The molecule has 6 rings (SSSR count). The minimum Gasteiger partial charge on any atom is -0.488 e. The Kier molecular flexibility index (Phi) is 5.10. The Hall–Kier alpha value is -3.65. The van der Waals surface area contributed by atoms with E-state index in [1.54, 1.807) is 10.7 Å². The number of aromatic nitrogens is 4. The van der Waals surface area contributed by atoms with Crippen molar-refractivity contribution in [2.24, 2.45) is 13.0 Å². The summed E-state index contributed by atoms with van der Waals surface area (Å²) < 4.78 is 9.75. The van der Waals surface area contributed by atoms with E-state index in [9.17, 15) is 4.79 Å². The first-order valence-corrected chi connectivity index (χ1v) is 11.8. The number of likely N-dealkylation sites (N-methyl/N-ethyl adjacent to an activating group) is 1. The van der Waals surface area contributed by atoms with Crippen molar-refractivity contribution >= 4 is 17.2 Å². The lowest BCUT2D eigenvalue weighted by Crippen LogP contribution is -2.48. The Bertz CT molecular complexity index is 1340. The molecule has 0 radical (unpaired) electrons. The van der Waals surface area contributed by atoms with E-state index in [-0.39, 0.29) is 11.8 Å². The highest BCUT2D eigenvalue weighted by Gasteiger charge is 2.44. The zero-order valence-corrected chi connectivity index (χ0v) is 19.4. The minimum absolute atomic E-state index is 0.00614. The maximum absolute atomic E-state index is 12.8. The van der Waals surface area contributed by atoms with Gasteiger partial charge >= 0.3 is 0 Å². The van der Waals surface area contributed by atoms with E-state index in [1.807, 2.05) is 54.3 Å². The topological polar surface area (TPSA) is 76.7 Å². The van der Waals surface area contributed by atoms with Gasteiger partial charge in [-0.1, -0.05) is 30.3 Å². The second-order valence-electron chi connectivity index (χ2n) is 9.38. The smallest absolute Gasteiger partial charge is 0.229 e. The molecule has 2 aliphatic rings. The Morgan fingerprint density at radius 1 is 1.18 bits per heavy atom. The highest BCUT2D eigenvalue weighted by atomic mass is 16.5. The van der Waals surface area contributed by atoms with E-state index in [2.05, 4.69) is 39.6 Å². The fraction of sp³-hybridized carbons (Fsp3) is 0.346. The predicted octanol–water partition coefficient (Wildman–Crippen LogP) is 3.56. The molecule has 1 N–H and O–H groups in total. The van der Waals surface area contributed by atoms with Crippen molar-refractivity contribution in [3.05, 3.63) is 66.5 Å². The molecule has 1 aromatic carbocycles. The summed E-state index contributed by atoms with van der Waals surface area (Å²) in [5.74, 6) is 1.68. The Morgan fingerprint density at radius 3 is 2.79 bits per heavy atom. The number of hydrogen-bond acceptors (Lipinski definition) is 5. The van der Waals surface area contributed by atoms with Gasteiger partial charge in [-0.3, -0.25) is 14.4 Å². The highest BCUT2D eigenvalue weighted by molar-refractivity contribution is 5.95. The van der Waals surface area contributed by atoms with Crippen LogP contribution in [-0.4, -0.2) is 56.4 Å². The second-order valence-corrected chi connectivity index (χ2v) is 9.38. The van der Waals surface area contributed by atoms with Gasteiger partial charge < -0.3 is 10.1 Å². The lowest BCUT2D eigenvalue weighted by atomic mass is 10.1. The first-order valence-electron chi connectivity index (χ1n) is 11.8. The molecule has 0 unspecified atom stereocenters. The zero-order valence-electron chi connectivity index (χ0n) is 19.4. The summed E-state index contributed by atoms with van der Waals surface area (Å²) in [7, 11) is 4.04. The van der Waals surface area contributed by atoms with Crippen molar-refractivity contribution in [3.8, 4) is 17.0 Å². The molecule has 4 aromatic rings. The van der Waals surface area contributed by atoms with Crippen molar-refractivity contribution in [1.82, 2.24) is 24.3 Å². The summed E-state index contributed by atoms with van der Waals surface area (Å²) >= 11 is 0. The van der Waals surface area contributed by atoms with E-state index in [1.165, 1.54) is 5.56 Å². The minimum atomic E-state index is 0.00614. The van der Waals surface area contributed by atoms with Crippen molar-refractivity contribution < 1.29 is 9.53 Å². The number of nitrogens with zero attached hydrogens (tertiary/aromatic N) is 5. The fourth-order valence-electron chi connectivity index (χ4n) is 4.79. The normalized spacial score (nSPS) is 21.9. The zero-order chi connectivity index (χ0) is 23.2. The van der Waals surface area contributed by atoms with Crippen molar-refractivity contribution in [1.29, 1.82) is 0 Å². The molecule has 0 spiro atoms. The van der Waals surface area contributed by atoms with Crippen LogP contribution in [0.1, 0.15) is 24.3 Å². The van der Waals surface area contributed by atoms with Crippen LogP contribution in [0.5, 0.6) is 5.75 Å². The van der Waals surface area contributed by atoms with E-state index in [0.717, 1.165) is 41.9 Å². The van der Waals surface area contributed by atoms with Crippen LogP contribution >= 0.6 is 0 Å². The molecule has 1 saturated carbocycles. The molecular weight excluding hydrogens is 428 g/mol. The third-order valence-electron chi connectivity index (χ3n) is 7.12. The van der Waals surface area contributed by atoms with Gasteiger partial charge in [0.2, 0.25) is 5.91 Å². The van der Waals surface area contributed by atoms with Gasteiger partial charge in [0.15, 0.2) is 11.6 Å². The first kappa shape index (κ1) is 20.9. The van der Waals surface area contributed by atoms with Crippen molar-refractivity contribution in [2.45, 2.75) is 24.8 Å². The average Bonchev–Trinajstić information content (AvgIpc) is 3.43. The van der Waals surface area contributed by atoms with Gasteiger partial charge in [-0.05, 0) is 50.0 Å². The number of hydrogen-bond donors (Lipinski definition) is 1.